The average Bonchev–Trinajstić information content (AvgIpc) is 3.21. The molecule has 4 rings (SSSR count). The predicted octanol–water partition coefficient (Wildman–Crippen LogP) is 4.90. The second-order valence-electron chi connectivity index (χ2n) is 6.79. The summed E-state index contributed by atoms with van der Waals surface area (Å²) in [4.78, 5) is 16.9. The number of carbonyl (C=O) groups is 1. The van der Waals surface area contributed by atoms with Crippen LogP contribution in [0.25, 0.3) is 17.3 Å². The molecule has 148 valence electrons. The van der Waals surface area contributed by atoms with Gasteiger partial charge in [0.25, 0.3) is 0 Å². The van der Waals surface area contributed by atoms with Gasteiger partial charge in [-0.1, -0.05) is 42.5 Å². The van der Waals surface area contributed by atoms with Gasteiger partial charge in [-0.25, -0.2) is 0 Å². The van der Waals surface area contributed by atoms with Crippen molar-refractivity contribution < 1.29 is 9.53 Å². The van der Waals surface area contributed by atoms with E-state index < -0.39 is 0 Å². The van der Waals surface area contributed by atoms with Crippen LogP contribution in [0.2, 0.25) is 0 Å². The highest BCUT2D eigenvalue weighted by molar-refractivity contribution is 6.07. The van der Waals surface area contributed by atoms with Gasteiger partial charge in [-0.15, -0.1) is 0 Å². The molecule has 0 saturated heterocycles. The summed E-state index contributed by atoms with van der Waals surface area (Å²) < 4.78 is 7.09. The van der Waals surface area contributed by atoms with Crippen molar-refractivity contribution in [2.24, 2.45) is 0 Å². The summed E-state index contributed by atoms with van der Waals surface area (Å²) in [6.45, 7) is 0.645. The molecule has 0 amide bonds. The van der Waals surface area contributed by atoms with Crippen LogP contribution >= 0.6 is 0 Å². The largest absolute Gasteiger partial charge is 0.497 e. The fraction of sp³-hybridized carbons (Fsp3) is 0.0800. The maximum Gasteiger partial charge on any atom is 0.185 e. The molecule has 2 heterocycles. The molecule has 0 bridgehead atoms. The van der Waals surface area contributed by atoms with Crippen LogP contribution in [0.3, 0.4) is 0 Å². The van der Waals surface area contributed by atoms with Gasteiger partial charge in [-0.2, -0.15) is 5.10 Å². The lowest BCUT2D eigenvalue weighted by molar-refractivity contribution is 0.104. The lowest BCUT2D eigenvalue weighted by Crippen LogP contribution is -2.00. The zero-order valence-electron chi connectivity index (χ0n) is 16.6. The second kappa shape index (κ2) is 9.01. The highest BCUT2D eigenvalue weighted by atomic mass is 16.5. The van der Waals surface area contributed by atoms with Crippen molar-refractivity contribution in [2.45, 2.75) is 6.54 Å². The van der Waals surface area contributed by atoms with E-state index in [1.807, 2.05) is 47.3 Å². The van der Waals surface area contributed by atoms with E-state index in [4.69, 9.17) is 9.84 Å². The number of ketones is 1. The average molecular weight is 395 g/mol. The predicted molar refractivity (Wildman–Crippen MR) is 117 cm³/mol. The third-order valence-electron chi connectivity index (χ3n) is 4.68. The van der Waals surface area contributed by atoms with Gasteiger partial charge in [0.15, 0.2) is 5.78 Å². The van der Waals surface area contributed by atoms with Crippen molar-refractivity contribution in [3.05, 3.63) is 108 Å². The number of hydrogen-bond acceptors (Lipinski definition) is 4. The van der Waals surface area contributed by atoms with E-state index in [2.05, 4.69) is 17.1 Å². The van der Waals surface area contributed by atoms with Crippen LogP contribution < -0.4 is 4.74 Å². The number of carbonyl (C=O) groups excluding carboxylic acids is 1. The molecule has 0 aliphatic rings. The summed E-state index contributed by atoms with van der Waals surface area (Å²) in [5.74, 6) is 0.558. The number of ether oxygens (including phenoxy) is 1. The molecule has 2 aromatic carbocycles. The van der Waals surface area contributed by atoms with Crippen LogP contribution in [0.5, 0.6) is 5.75 Å². The van der Waals surface area contributed by atoms with Crippen LogP contribution in [-0.2, 0) is 6.54 Å². The monoisotopic (exact) mass is 395 g/mol. The van der Waals surface area contributed by atoms with Crippen LogP contribution in [0.4, 0.5) is 0 Å². The zero-order valence-corrected chi connectivity index (χ0v) is 16.6. The minimum atomic E-state index is -0.0955. The van der Waals surface area contributed by atoms with Gasteiger partial charge in [0.1, 0.15) is 11.4 Å². The Morgan fingerprint density at radius 1 is 1.07 bits per heavy atom. The molecule has 0 N–H and O–H groups in total. The van der Waals surface area contributed by atoms with Crippen molar-refractivity contribution in [1.82, 2.24) is 14.8 Å². The standard InChI is InChI=1S/C25H21N3O2/c1-30-23-11-5-9-20(15-23)24(29)13-12-22-18-28(17-19-7-3-2-4-8-19)27-25(22)21-10-6-14-26-16-21/h2-16,18H,17H2,1H3/b13-12+. The number of pyridine rings is 1. The van der Waals surface area contributed by atoms with Crippen molar-refractivity contribution in [2.75, 3.05) is 7.11 Å². The summed E-state index contributed by atoms with van der Waals surface area (Å²) in [6, 6.07) is 21.1. The van der Waals surface area contributed by atoms with Gasteiger partial charge >= 0.3 is 0 Å². The summed E-state index contributed by atoms with van der Waals surface area (Å²) in [5, 5.41) is 4.75. The number of hydrogen-bond donors (Lipinski definition) is 0. The maximum absolute atomic E-state index is 12.6. The number of aromatic nitrogens is 3. The van der Waals surface area contributed by atoms with E-state index in [0.717, 1.165) is 22.4 Å². The smallest absolute Gasteiger partial charge is 0.185 e. The Morgan fingerprint density at radius 2 is 1.93 bits per heavy atom. The third kappa shape index (κ3) is 4.52. The van der Waals surface area contributed by atoms with Crippen LogP contribution in [0, 0.1) is 0 Å². The third-order valence-corrected chi connectivity index (χ3v) is 4.68. The SMILES string of the molecule is COc1cccc(C(=O)/C=C/c2cn(Cc3ccccc3)nc2-c2cccnc2)c1. The van der Waals surface area contributed by atoms with Gasteiger partial charge < -0.3 is 4.74 Å². The lowest BCUT2D eigenvalue weighted by atomic mass is 10.1. The number of benzene rings is 2. The van der Waals surface area contributed by atoms with Crippen molar-refractivity contribution in [1.29, 1.82) is 0 Å². The molecule has 0 atom stereocenters. The molecule has 0 unspecified atom stereocenters. The van der Waals surface area contributed by atoms with E-state index in [1.54, 1.807) is 49.9 Å². The van der Waals surface area contributed by atoms with Gasteiger partial charge in [-0.05, 0) is 42.0 Å². The Balaban J connectivity index is 1.65. The quantitative estimate of drug-likeness (QED) is 0.330. The fourth-order valence-corrected chi connectivity index (χ4v) is 3.18. The van der Waals surface area contributed by atoms with E-state index in [1.165, 1.54) is 0 Å². The minimum Gasteiger partial charge on any atom is -0.497 e. The number of rotatable bonds is 7. The molecule has 2 aromatic heterocycles. The molecule has 4 aromatic rings. The van der Waals surface area contributed by atoms with Crippen LogP contribution in [0.1, 0.15) is 21.5 Å². The van der Waals surface area contributed by atoms with Gasteiger partial charge in [0.2, 0.25) is 0 Å². The van der Waals surface area contributed by atoms with Crippen LogP contribution in [0.15, 0.2) is 91.4 Å². The topological polar surface area (TPSA) is 57.0 Å². The van der Waals surface area contributed by atoms with Crippen molar-refractivity contribution >= 4 is 11.9 Å². The highest BCUT2D eigenvalue weighted by Crippen LogP contribution is 2.23. The lowest BCUT2D eigenvalue weighted by Gasteiger charge is -2.01. The molecule has 5 nitrogen and oxygen atoms in total. The Morgan fingerprint density at radius 3 is 2.70 bits per heavy atom. The highest BCUT2D eigenvalue weighted by Gasteiger charge is 2.11. The first kappa shape index (κ1) is 19.3. The van der Waals surface area contributed by atoms with Crippen molar-refractivity contribution in [3.8, 4) is 17.0 Å². The first-order chi connectivity index (χ1) is 14.7. The summed E-state index contributed by atoms with van der Waals surface area (Å²) in [6.07, 6.45) is 8.82. The molecule has 0 spiro atoms. The van der Waals surface area contributed by atoms with Gasteiger partial charge in [0.05, 0.1) is 13.7 Å². The zero-order chi connectivity index (χ0) is 20.8. The Kier molecular flexibility index (Phi) is 5.80. The maximum atomic E-state index is 12.6. The number of nitrogens with zero attached hydrogens (tertiary/aromatic N) is 3. The Labute approximate surface area is 175 Å². The molecule has 5 heteroatoms. The van der Waals surface area contributed by atoms with Gasteiger partial charge in [-0.3, -0.25) is 14.5 Å². The van der Waals surface area contributed by atoms with E-state index in [0.29, 0.717) is 17.9 Å². The molecule has 0 aliphatic heterocycles. The molecule has 0 fully saturated rings. The van der Waals surface area contributed by atoms with Crippen molar-refractivity contribution in [3.63, 3.8) is 0 Å². The molecule has 0 saturated carbocycles. The van der Waals surface area contributed by atoms with E-state index in [9.17, 15) is 4.79 Å². The first-order valence-electron chi connectivity index (χ1n) is 9.61. The molecule has 0 radical (unpaired) electrons. The van der Waals surface area contributed by atoms with Crippen LogP contribution in [-0.4, -0.2) is 27.7 Å². The number of methoxy groups -OCH3 is 1. The van der Waals surface area contributed by atoms with E-state index >= 15 is 0 Å². The number of allylic oxidation sites excluding steroid dienone is 1. The minimum absolute atomic E-state index is 0.0955. The first-order valence-corrected chi connectivity index (χ1v) is 9.61. The Bertz CT molecular complexity index is 1170. The molecular formula is C25H21N3O2. The normalized spacial score (nSPS) is 11.0. The summed E-state index contributed by atoms with van der Waals surface area (Å²) in [7, 11) is 1.58. The fourth-order valence-electron chi connectivity index (χ4n) is 3.18. The van der Waals surface area contributed by atoms with E-state index in [-0.39, 0.29) is 5.78 Å². The summed E-state index contributed by atoms with van der Waals surface area (Å²) in [5.41, 5.74) is 4.27. The molecular weight excluding hydrogens is 374 g/mol. The summed E-state index contributed by atoms with van der Waals surface area (Å²) >= 11 is 0. The second-order valence-corrected chi connectivity index (χ2v) is 6.79. The Hall–Kier alpha value is -3.99. The van der Waals surface area contributed by atoms with Gasteiger partial charge in [0, 0.05) is 35.3 Å². The molecule has 30 heavy (non-hydrogen) atoms. The molecule has 0 aliphatic carbocycles.